The first-order chi connectivity index (χ1) is 13.5. The lowest BCUT2D eigenvalue weighted by Gasteiger charge is -2.13. The third-order valence-electron chi connectivity index (χ3n) is 4.02. The van der Waals surface area contributed by atoms with Gasteiger partial charge in [0.05, 0.1) is 5.75 Å². The van der Waals surface area contributed by atoms with Crippen LogP contribution in [0.4, 0.5) is 24.8 Å². The predicted molar refractivity (Wildman–Crippen MR) is 104 cm³/mol. The molecule has 3 rings (SSSR count). The summed E-state index contributed by atoms with van der Waals surface area (Å²) >= 11 is 0. The van der Waals surface area contributed by atoms with Gasteiger partial charge in [-0.25, -0.2) is 23.5 Å². The molecule has 0 spiro atoms. The minimum Gasteiger partial charge on any atom is -0.324 e. The number of alkyl halides is 3. The van der Waals surface area contributed by atoms with Crippen molar-refractivity contribution in [2.45, 2.75) is 18.9 Å². The van der Waals surface area contributed by atoms with Gasteiger partial charge in [-0.2, -0.15) is 13.2 Å². The molecule has 3 aromatic rings. The van der Waals surface area contributed by atoms with Crippen LogP contribution in [0.5, 0.6) is 0 Å². The number of aryl methyl sites for hydroxylation is 1. The Morgan fingerprint density at radius 2 is 1.83 bits per heavy atom. The van der Waals surface area contributed by atoms with E-state index < -0.39 is 27.6 Å². The van der Waals surface area contributed by atoms with Crippen LogP contribution >= 0.6 is 0 Å². The Balaban J connectivity index is 2.05. The van der Waals surface area contributed by atoms with Crippen molar-refractivity contribution < 1.29 is 21.6 Å². The summed E-state index contributed by atoms with van der Waals surface area (Å²) in [5.74, 6) is -0.687. The lowest BCUT2D eigenvalue weighted by molar-refractivity contribution is -0.141. The van der Waals surface area contributed by atoms with Crippen molar-refractivity contribution in [2.24, 2.45) is 5.14 Å². The van der Waals surface area contributed by atoms with Gasteiger partial charge in [-0.3, -0.25) is 0 Å². The minimum absolute atomic E-state index is 0.261. The molecular weight excluding hydrogens is 405 g/mol. The van der Waals surface area contributed by atoms with E-state index in [0.29, 0.717) is 16.8 Å². The van der Waals surface area contributed by atoms with Gasteiger partial charge in [-0.1, -0.05) is 24.3 Å². The van der Waals surface area contributed by atoms with Crippen molar-refractivity contribution in [1.29, 1.82) is 0 Å². The Kier molecular flexibility index (Phi) is 5.58. The van der Waals surface area contributed by atoms with Gasteiger partial charge in [-0.15, -0.1) is 0 Å². The molecule has 0 aliphatic heterocycles. The maximum absolute atomic E-state index is 12.9. The summed E-state index contributed by atoms with van der Waals surface area (Å²) in [7, 11) is -3.81. The first-order valence-corrected chi connectivity index (χ1v) is 10.1. The Bertz CT molecular complexity index is 1150. The molecule has 0 atom stereocenters. The average molecular weight is 422 g/mol. The van der Waals surface area contributed by atoms with Gasteiger partial charge in [0.1, 0.15) is 5.69 Å². The highest BCUT2D eigenvalue weighted by atomic mass is 32.2. The summed E-state index contributed by atoms with van der Waals surface area (Å²) in [6.07, 6.45) is -3.62. The van der Waals surface area contributed by atoms with Crippen LogP contribution in [0.1, 0.15) is 16.8 Å². The zero-order valence-corrected chi connectivity index (χ0v) is 16.1. The second-order valence-corrected chi connectivity index (χ2v) is 8.04. The summed E-state index contributed by atoms with van der Waals surface area (Å²) in [5.41, 5.74) is 2.10. The van der Waals surface area contributed by atoms with E-state index in [4.69, 9.17) is 5.14 Å². The molecular formula is C19H17F3N4O2S. The molecule has 29 heavy (non-hydrogen) atoms. The van der Waals surface area contributed by atoms with E-state index in [-0.39, 0.29) is 5.95 Å². The Morgan fingerprint density at radius 3 is 2.48 bits per heavy atom. The van der Waals surface area contributed by atoms with Crippen molar-refractivity contribution in [3.63, 3.8) is 0 Å². The molecule has 0 radical (unpaired) electrons. The van der Waals surface area contributed by atoms with Crippen LogP contribution in [0.15, 0.2) is 54.7 Å². The lowest BCUT2D eigenvalue weighted by Crippen LogP contribution is -2.14. The van der Waals surface area contributed by atoms with E-state index in [1.54, 1.807) is 12.1 Å². The summed E-state index contributed by atoms with van der Waals surface area (Å²) in [4.78, 5) is 7.28. The minimum atomic E-state index is -4.61. The number of rotatable bonds is 5. The lowest BCUT2D eigenvalue weighted by atomic mass is 9.98. The topological polar surface area (TPSA) is 98.0 Å². The average Bonchev–Trinajstić information content (AvgIpc) is 2.60. The highest BCUT2D eigenvalue weighted by Crippen LogP contribution is 2.30. The molecule has 10 heteroatoms. The van der Waals surface area contributed by atoms with Gasteiger partial charge < -0.3 is 5.32 Å². The van der Waals surface area contributed by atoms with Crippen LogP contribution in [-0.4, -0.2) is 18.4 Å². The molecule has 0 aliphatic rings. The van der Waals surface area contributed by atoms with Gasteiger partial charge in [-0.05, 0) is 53.4 Å². The molecule has 0 amide bonds. The molecule has 0 fully saturated rings. The first-order valence-electron chi connectivity index (χ1n) is 8.39. The summed E-state index contributed by atoms with van der Waals surface area (Å²) in [6, 6.07) is 13.0. The van der Waals surface area contributed by atoms with Crippen molar-refractivity contribution in [3.8, 4) is 11.1 Å². The second kappa shape index (κ2) is 7.80. The number of anilines is 2. The van der Waals surface area contributed by atoms with E-state index in [2.05, 4.69) is 15.3 Å². The molecule has 1 aromatic heterocycles. The SMILES string of the molecule is Cc1ccccc1-c1cc(CS(N)(=O)=O)cc(Nc2nccc(C(F)(F)F)n2)c1. The van der Waals surface area contributed by atoms with E-state index in [9.17, 15) is 21.6 Å². The zero-order chi connectivity index (χ0) is 21.2. The fraction of sp³-hybridized carbons (Fsp3) is 0.158. The number of nitrogens with one attached hydrogen (secondary N) is 1. The maximum atomic E-state index is 12.9. The Morgan fingerprint density at radius 1 is 1.10 bits per heavy atom. The Hall–Kier alpha value is -2.98. The van der Waals surface area contributed by atoms with Gasteiger partial charge in [0.15, 0.2) is 0 Å². The van der Waals surface area contributed by atoms with Crippen LogP contribution < -0.4 is 10.5 Å². The standard InChI is InChI=1S/C19H17F3N4O2S/c1-12-4-2-3-5-16(12)14-8-13(11-29(23,27)28)9-15(10-14)25-18-24-7-6-17(26-18)19(20,21)22/h2-10H,11H2,1H3,(H2,23,27,28)(H,24,25,26). The van der Waals surface area contributed by atoms with E-state index in [1.165, 1.54) is 6.07 Å². The third kappa shape index (κ3) is 5.52. The molecule has 1 heterocycles. The summed E-state index contributed by atoms with van der Waals surface area (Å²) in [6.45, 7) is 1.89. The number of halogens is 3. The molecule has 152 valence electrons. The van der Waals surface area contributed by atoms with Gasteiger partial charge in [0.2, 0.25) is 16.0 Å². The van der Waals surface area contributed by atoms with Crippen LogP contribution in [-0.2, 0) is 22.0 Å². The number of nitrogens with two attached hydrogens (primary N) is 1. The maximum Gasteiger partial charge on any atom is 0.433 e. The number of hydrogen-bond donors (Lipinski definition) is 2. The van der Waals surface area contributed by atoms with E-state index in [1.807, 2.05) is 31.2 Å². The molecule has 6 nitrogen and oxygen atoms in total. The fourth-order valence-corrected chi connectivity index (χ4v) is 3.47. The van der Waals surface area contributed by atoms with Crippen molar-refractivity contribution in [1.82, 2.24) is 9.97 Å². The Labute approximate surface area is 165 Å². The van der Waals surface area contributed by atoms with Crippen LogP contribution in [0.25, 0.3) is 11.1 Å². The van der Waals surface area contributed by atoms with Gasteiger partial charge >= 0.3 is 6.18 Å². The highest BCUT2D eigenvalue weighted by Gasteiger charge is 2.32. The summed E-state index contributed by atoms with van der Waals surface area (Å²) < 4.78 is 61.8. The molecule has 0 unspecified atom stereocenters. The first kappa shape index (κ1) is 20.7. The monoisotopic (exact) mass is 422 g/mol. The van der Waals surface area contributed by atoms with Crippen LogP contribution in [0, 0.1) is 6.92 Å². The number of sulfonamides is 1. The van der Waals surface area contributed by atoms with Crippen molar-refractivity contribution >= 4 is 21.7 Å². The predicted octanol–water partition coefficient (Wildman–Crippen LogP) is 4.00. The number of nitrogens with zero attached hydrogens (tertiary/aromatic N) is 2. The number of primary sulfonamides is 1. The van der Waals surface area contributed by atoms with Crippen molar-refractivity contribution in [2.75, 3.05) is 5.32 Å². The van der Waals surface area contributed by atoms with Gasteiger partial charge in [0, 0.05) is 11.9 Å². The number of benzene rings is 2. The smallest absolute Gasteiger partial charge is 0.324 e. The molecule has 3 N–H and O–H groups in total. The van der Waals surface area contributed by atoms with Gasteiger partial charge in [0.25, 0.3) is 0 Å². The molecule has 0 saturated carbocycles. The summed E-state index contributed by atoms with van der Waals surface area (Å²) in [5, 5.41) is 7.87. The van der Waals surface area contributed by atoms with E-state index >= 15 is 0 Å². The van der Waals surface area contributed by atoms with E-state index in [0.717, 1.165) is 23.4 Å². The van der Waals surface area contributed by atoms with Crippen LogP contribution in [0.3, 0.4) is 0 Å². The molecule has 0 saturated heterocycles. The second-order valence-electron chi connectivity index (χ2n) is 6.43. The normalized spacial score (nSPS) is 12.0. The van der Waals surface area contributed by atoms with Crippen molar-refractivity contribution in [3.05, 3.63) is 71.5 Å². The fourth-order valence-electron chi connectivity index (χ4n) is 2.84. The van der Waals surface area contributed by atoms with Crippen LogP contribution in [0.2, 0.25) is 0 Å². The molecule has 2 aromatic carbocycles. The largest absolute Gasteiger partial charge is 0.433 e. The number of aromatic nitrogens is 2. The quantitative estimate of drug-likeness (QED) is 0.648. The third-order valence-corrected chi connectivity index (χ3v) is 4.75. The zero-order valence-electron chi connectivity index (χ0n) is 15.2. The highest BCUT2D eigenvalue weighted by molar-refractivity contribution is 7.88. The molecule has 0 bridgehead atoms. The number of hydrogen-bond acceptors (Lipinski definition) is 5. The molecule has 0 aliphatic carbocycles.